The molecule has 0 amide bonds. The first kappa shape index (κ1) is 12.5. The van der Waals surface area contributed by atoms with Gasteiger partial charge in [-0.2, -0.15) is 0 Å². The van der Waals surface area contributed by atoms with Crippen LogP contribution in [0, 0.1) is 11.3 Å². The highest BCUT2D eigenvalue weighted by molar-refractivity contribution is 5.70. The molecule has 1 saturated carbocycles. The van der Waals surface area contributed by atoms with E-state index in [2.05, 4.69) is 26.1 Å². The summed E-state index contributed by atoms with van der Waals surface area (Å²) in [7, 11) is 0. The zero-order valence-corrected chi connectivity index (χ0v) is 10.0. The lowest BCUT2D eigenvalue weighted by atomic mass is 9.92. The van der Waals surface area contributed by atoms with Gasteiger partial charge in [0.05, 0.1) is 5.92 Å². The van der Waals surface area contributed by atoms with Gasteiger partial charge in [0, 0.05) is 6.04 Å². The second-order valence-electron chi connectivity index (χ2n) is 5.81. The molecule has 0 radical (unpaired) electrons. The van der Waals surface area contributed by atoms with E-state index in [1.807, 2.05) is 0 Å². The Bertz CT molecular complexity index is 220. The summed E-state index contributed by atoms with van der Waals surface area (Å²) in [4.78, 5) is 10.8. The number of hydrogen-bond acceptors (Lipinski definition) is 2. The van der Waals surface area contributed by atoms with Crippen LogP contribution in [0.15, 0.2) is 0 Å². The van der Waals surface area contributed by atoms with Crippen LogP contribution < -0.4 is 5.32 Å². The highest BCUT2D eigenvalue weighted by Crippen LogP contribution is 2.26. The Balaban J connectivity index is 2.17. The second kappa shape index (κ2) is 4.97. The molecule has 0 aliphatic heterocycles. The molecule has 1 aliphatic carbocycles. The Morgan fingerprint density at radius 2 is 2.07 bits per heavy atom. The number of hydrogen-bond donors (Lipinski definition) is 2. The van der Waals surface area contributed by atoms with E-state index in [1.54, 1.807) is 0 Å². The van der Waals surface area contributed by atoms with Crippen LogP contribution in [0.5, 0.6) is 0 Å². The van der Waals surface area contributed by atoms with Crippen LogP contribution >= 0.6 is 0 Å². The summed E-state index contributed by atoms with van der Waals surface area (Å²) in [5, 5.41) is 12.3. The monoisotopic (exact) mass is 213 g/mol. The maximum Gasteiger partial charge on any atom is 0.306 e. The third-order valence-corrected chi connectivity index (χ3v) is 3.09. The van der Waals surface area contributed by atoms with Gasteiger partial charge in [0.2, 0.25) is 0 Å². The Morgan fingerprint density at radius 3 is 2.53 bits per heavy atom. The van der Waals surface area contributed by atoms with Gasteiger partial charge in [-0.15, -0.1) is 0 Å². The predicted molar refractivity (Wildman–Crippen MR) is 60.8 cm³/mol. The minimum atomic E-state index is -0.630. The van der Waals surface area contributed by atoms with Gasteiger partial charge in [0.15, 0.2) is 0 Å². The molecule has 2 N–H and O–H groups in total. The summed E-state index contributed by atoms with van der Waals surface area (Å²) in [6.07, 6.45) is 3.80. The molecule has 88 valence electrons. The summed E-state index contributed by atoms with van der Waals surface area (Å²) < 4.78 is 0. The van der Waals surface area contributed by atoms with Crippen molar-refractivity contribution in [3.05, 3.63) is 0 Å². The Labute approximate surface area is 92.3 Å². The molecule has 3 nitrogen and oxygen atoms in total. The largest absolute Gasteiger partial charge is 0.481 e. The fraction of sp³-hybridized carbons (Fsp3) is 0.917. The quantitative estimate of drug-likeness (QED) is 0.753. The SMILES string of the molecule is CC(C)(C)CCN[C@H]1CC[C@@H](C(=O)O)C1. The highest BCUT2D eigenvalue weighted by atomic mass is 16.4. The van der Waals surface area contributed by atoms with E-state index in [9.17, 15) is 4.79 Å². The van der Waals surface area contributed by atoms with E-state index in [-0.39, 0.29) is 5.92 Å². The summed E-state index contributed by atoms with van der Waals surface area (Å²) in [6, 6.07) is 0.424. The van der Waals surface area contributed by atoms with Gasteiger partial charge in [0.1, 0.15) is 0 Å². The topological polar surface area (TPSA) is 49.3 Å². The van der Waals surface area contributed by atoms with Gasteiger partial charge in [-0.25, -0.2) is 0 Å². The number of carboxylic acid groups (broad SMARTS) is 1. The number of nitrogens with one attached hydrogen (secondary N) is 1. The highest BCUT2D eigenvalue weighted by Gasteiger charge is 2.29. The fourth-order valence-corrected chi connectivity index (χ4v) is 2.04. The van der Waals surface area contributed by atoms with Crippen molar-refractivity contribution in [3.63, 3.8) is 0 Å². The smallest absolute Gasteiger partial charge is 0.306 e. The molecule has 0 spiro atoms. The van der Waals surface area contributed by atoms with Crippen molar-refractivity contribution in [1.82, 2.24) is 5.32 Å². The first-order chi connectivity index (χ1) is 6.88. The molecule has 3 heteroatoms. The molecule has 0 unspecified atom stereocenters. The standard InChI is InChI=1S/C12H23NO2/c1-12(2,3)6-7-13-10-5-4-9(8-10)11(14)15/h9-10,13H,4-8H2,1-3H3,(H,14,15)/t9-,10+/m1/s1. The first-order valence-corrected chi connectivity index (χ1v) is 5.85. The summed E-state index contributed by atoms with van der Waals surface area (Å²) >= 11 is 0. The van der Waals surface area contributed by atoms with Crippen molar-refractivity contribution in [2.24, 2.45) is 11.3 Å². The lowest BCUT2D eigenvalue weighted by Crippen LogP contribution is -2.30. The lowest BCUT2D eigenvalue weighted by Gasteiger charge is -2.20. The van der Waals surface area contributed by atoms with Gasteiger partial charge in [-0.1, -0.05) is 20.8 Å². The average molecular weight is 213 g/mol. The molecule has 0 bridgehead atoms. The van der Waals surface area contributed by atoms with Gasteiger partial charge in [0.25, 0.3) is 0 Å². The van der Waals surface area contributed by atoms with E-state index in [0.717, 1.165) is 32.2 Å². The molecule has 0 aromatic rings. The number of carbonyl (C=O) groups is 1. The van der Waals surface area contributed by atoms with Gasteiger partial charge >= 0.3 is 5.97 Å². The van der Waals surface area contributed by atoms with Crippen LogP contribution in [-0.4, -0.2) is 23.7 Å². The zero-order valence-electron chi connectivity index (χ0n) is 10.0. The second-order valence-corrected chi connectivity index (χ2v) is 5.81. The first-order valence-electron chi connectivity index (χ1n) is 5.85. The Morgan fingerprint density at radius 1 is 1.40 bits per heavy atom. The van der Waals surface area contributed by atoms with Gasteiger partial charge < -0.3 is 10.4 Å². The van der Waals surface area contributed by atoms with Crippen molar-refractivity contribution in [2.75, 3.05) is 6.54 Å². The maximum absolute atomic E-state index is 10.8. The minimum Gasteiger partial charge on any atom is -0.481 e. The lowest BCUT2D eigenvalue weighted by molar-refractivity contribution is -0.141. The van der Waals surface area contributed by atoms with Crippen LogP contribution in [0.25, 0.3) is 0 Å². The van der Waals surface area contributed by atoms with Crippen molar-refractivity contribution in [1.29, 1.82) is 0 Å². The molecular formula is C12H23NO2. The maximum atomic E-state index is 10.8. The molecule has 1 rings (SSSR count). The van der Waals surface area contributed by atoms with E-state index in [4.69, 9.17) is 5.11 Å². The van der Waals surface area contributed by atoms with Crippen molar-refractivity contribution in [3.8, 4) is 0 Å². The molecule has 1 fully saturated rings. The predicted octanol–water partition coefficient (Wildman–Crippen LogP) is 2.27. The summed E-state index contributed by atoms with van der Waals surface area (Å²) in [5.74, 6) is -0.743. The van der Waals surface area contributed by atoms with E-state index < -0.39 is 5.97 Å². The average Bonchev–Trinajstić information content (AvgIpc) is 2.50. The molecular weight excluding hydrogens is 190 g/mol. The van der Waals surface area contributed by atoms with E-state index in [1.165, 1.54) is 0 Å². The van der Waals surface area contributed by atoms with Crippen molar-refractivity contribution in [2.45, 2.75) is 52.5 Å². The summed E-state index contributed by atoms with van der Waals surface area (Å²) in [5.41, 5.74) is 0.359. The third-order valence-electron chi connectivity index (χ3n) is 3.09. The van der Waals surface area contributed by atoms with Crippen LogP contribution in [0.4, 0.5) is 0 Å². The molecule has 2 atom stereocenters. The molecule has 0 aromatic carbocycles. The van der Waals surface area contributed by atoms with Crippen LogP contribution in [0.3, 0.4) is 0 Å². The minimum absolute atomic E-state index is 0.114. The van der Waals surface area contributed by atoms with Gasteiger partial charge in [-0.05, 0) is 37.6 Å². The van der Waals surface area contributed by atoms with E-state index in [0.29, 0.717) is 11.5 Å². The van der Waals surface area contributed by atoms with Crippen molar-refractivity contribution >= 4 is 5.97 Å². The van der Waals surface area contributed by atoms with Crippen LogP contribution in [0.1, 0.15) is 46.5 Å². The van der Waals surface area contributed by atoms with Crippen LogP contribution in [0.2, 0.25) is 0 Å². The molecule has 0 saturated heterocycles. The number of rotatable bonds is 4. The van der Waals surface area contributed by atoms with E-state index >= 15 is 0 Å². The molecule has 15 heavy (non-hydrogen) atoms. The zero-order chi connectivity index (χ0) is 11.5. The third kappa shape index (κ3) is 4.65. The molecule has 0 heterocycles. The Kier molecular flexibility index (Phi) is 4.14. The fourth-order valence-electron chi connectivity index (χ4n) is 2.04. The molecule has 0 aromatic heterocycles. The summed E-state index contributed by atoms with van der Waals surface area (Å²) in [6.45, 7) is 7.68. The Hall–Kier alpha value is -0.570. The normalized spacial score (nSPS) is 26.9. The number of aliphatic carboxylic acids is 1. The number of carboxylic acids is 1. The van der Waals surface area contributed by atoms with Crippen molar-refractivity contribution < 1.29 is 9.90 Å². The van der Waals surface area contributed by atoms with Crippen LogP contribution in [-0.2, 0) is 4.79 Å². The molecule has 1 aliphatic rings. The van der Waals surface area contributed by atoms with Gasteiger partial charge in [-0.3, -0.25) is 4.79 Å².